The molecule has 3 heterocycles. The molecule has 6 aromatic rings. The number of hydrogen-bond donors (Lipinski definition) is 0. The molecular weight excluding hydrogens is 451 g/mol. The van der Waals surface area contributed by atoms with Crippen molar-refractivity contribution in [2.24, 2.45) is 0 Å². The predicted octanol–water partition coefficient (Wildman–Crippen LogP) is 5.18. The minimum absolute atomic E-state index is 0.0918. The zero-order valence-electron chi connectivity index (χ0n) is 20.4. The van der Waals surface area contributed by atoms with Crippen LogP contribution in [0.2, 0.25) is 13.1 Å². The first kappa shape index (κ1) is 20.2. The van der Waals surface area contributed by atoms with E-state index in [4.69, 9.17) is 0 Å². The highest BCUT2D eigenvalue weighted by atomic mass is 28.3. The summed E-state index contributed by atoms with van der Waals surface area (Å²) in [7, 11) is -1.84. The van der Waals surface area contributed by atoms with E-state index >= 15 is 0 Å². The van der Waals surface area contributed by atoms with Gasteiger partial charge in [-0.25, -0.2) is 0 Å². The molecule has 0 atom stereocenters. The second-order valence-electron chi connectivity index (χ2n) is 10.6. The van der Waals surface area contributed by atoms with Crippen LogP contribution in [-0.2, 0) is 0 Å². The summed E-state index contributed by atoms with van der Waals surface area (Å²) < 4.78 is 2.49. The fourth-order valence-electron chi connectivity index (χ4n) is 6.86. The van der Waals surface area contributed by atoms with Crippen molar-refractivity contribution >= 4 is 69.4 Å². The van der Waals surface area contributed by atoms with Crippen LogP contribution in [0.1, 0.15) is 0 Å². The summed E-state index contributed by atoms with van der Waals surface area (Å²) >= 11 is 0. The predicted molar refractivity (Wildman–Crippen MR) is 158 cm³/mol. The summed E-state index contributed by atoms with van der Waals surface area (Å²) in [5, 5.41) is 5.67. The fourth-order valence-corrected chi connectivity index (χ4v) is 9.87. The Hall–Kier alpha value is -4.02. The SMILES string of the molecule is C[Si]1(C)c2ccccc2N(B2c3ccccc3-n3c4ccccc4c4cccc2c43)c2ccccc21. The first-order valence-corrected chi connectivity index (χ1v) is 15.8. The zero-order chi connectivity index (χ0) is 24.0. The lowest BCUT2D eigenvalue weighted by Crippen LogP contribution is -2.66. The lowest BCUT2D eigenvalue weighted by atomic mass is 9.46. The summed E-state index contributed by atoms with van der Waals surface area (Å²) in [6, 6.07) is 43.0. The van der Waals surface area contributed by atoms with E-state index in [-0.39, 0.29) is 6.85 Å². The van der Waals surface area contributed by atoms with E-state index in [1.807, 2.05) is 0 Å². The molecule has 1 aromatic heterocycles. The summed E-state index contributed by atoms with van der Waals surface area (Å²) in [5.41, 5.74) is 9.32. The topological polar surface area (TPSA) is 8.17 Å². The summed E-state index contributed by atoms with van der Waals surface area (Å²) in [5.74, 6) is 0. The third-order valence-corrected chi connectivity index (χ3v) is 12.0. The van der Waals surface area contributed by atoms with Crippen LogP contribution in [0.4, 0.5) is 11.4 Å². The van der Waals surface area contributed by atoms with Crippen LogP contribution >= 0.6 is 0 Å². The van der Waals surface area contributed by atoms with Crippen LogP contribution in [0.5, 0.6) is 0 Å². The smallest absolute Gasteiger partial charge is 0.332 e. The first-order valence-electron chi connectivity index (χ1n) is 12.8. The van der Waals surface area contributed by atoms with Gasteiger partial charge in [0.05, 0.1) is 11.0 Å². The number of hydrogen-bond acceptors (Lipinski definition) is 1. The van der Waals surface area contributed by atoms with Gasteiger partial charge in [0.15, 0.2) is 0 Å². The second kappa shape index (κ2) is 7.02. The van der Waals surface area contributed by atoms with Crippen molar-refractivity contribution in [2.45, 2.75) is 13.1 Å². The molecule has 0 N–H and O–H groups in total. The van der Waals surface area contributed by atoms with Gasteiger partial charge in [0, 0.05) is 27.8 Å². The standard InChI is InChI=1S/C32H25BN2Si/c1-36(2)30-20-9-7-18-28(30)35(29-19-8-10-21-31(29)36)33-24-14-4-6-17-27(24)34-26-16-5-3-12-22(26)23-13-11-15-25(33)32(23)34/h3-21H,1-2H3. The van der Waals surface area contributed by atoms with Crippen LogP contribution in [-0.4, -0.2) is 19.5 Å². The highest BCUT2D eigenvalue weighted by molar-refractivity contribution is 7.04. The Labute approximate surface area is 212 Å². The Bertz CT molecular complexity index is 1800. The maximum absolute atomic E-state index is 2.64. The van der Waals surface area contributed by atoms with Crippen molar-refractivity contribution in [1.82, 2.24) is 4.57 Å². The van der Waals surface area contributed by atoms with Gasteiger partial charge in [-0.2, -0.15) is 0 Å². The number of para-hydroxylation sites is 5. The van der Waals surface area contributed by atoms with Crippen molar-refractivity contribution in [3.8, 4) is 5.69 Å². The molecule has 36 heavy (non-hydrogen) atoms. The maximum Gasteiger partial charge on any atom is 0.332 e. The number of fused-ring (bicyclic) bond motifs is 7. The summed E-state index contributed by atoms with van der Waals surface area (Å²) in [6.07, 6.45) is 0. The molecule has 2 nitrogen and oxygen atoms in total. The third-order valence-electron chi connectivity index (χ3n) is 8.42. The highest BCUT2D eigenvalue weighted by Gasteiger charge is 2.44. The minimum atomic E-state index is -1.84. The molecule has 0 unspecified atom stereocenters. The molecular formula is C32H25BN2Si. The molecule has 4 heteroatoms. The third kappa shape index (κ3) is 2.42. The van der Waals surface area contributed by atoms with Gasteiger partial charge in [0.2, 0.25) is 0 Å². The van der Waals surface area contributed by atoms with Gasteiger partial charge in [-0.1, -0.05) is 104 Å². The van der Waals surface area contributed by atoms with Crippen molar-refractivity contribution in [2.75, 3.05) is 4.81 Å². The summed E-state index contributed by atoms with van der Waals surface area (Å²) in [6.45, 7) is 5.08. The van der Waals surface area contributed by atoms with Gasteiger partial charge in [-0.05, 0) is 45.6 Å². The number of benzene rings is 5. The largest absolute Gasteiger partial charge is 0.377 e. The van der Waals surface area contributed by atoms with E-state index in [0.29, 0.717) is 0 Å². The van der Waals surface area contributed by atoms with Crippen molar-refractivity contribution < 1.29 is 0 Å². The van der Waals surface area contributed by atoms with Crippen LogP contribution in [0, 0.1) is 0 Å². The quantitative estimate of drug-likeness (QED) is 0.297. The average Bonchev–Trinajstić information content (AvgIpc) is 3.26. The summed E-state index contributed by atoms with van der Waals surface area (Å²) in [4.78, 5) is 2.64. The molecule has 5 aromatic carbocycles. The molecule has 0 radical (unpaired) electrons. The number of anilines is 2. The molecule has 0 bridgehead atoms. The average molecular weight is 476 g/mol. The Morgan fingerprint density at radius 3 is 1.83 bits per heavy atom. The van der Waals surface area contributed by atoms with Gasteiger partial charge in [-0.3, -0.25) is 0 Å². The van der Waals surface area contributed by atoms with E-state index in [2.05, 4.69) is 138 Å². The Kier molecular flexibility index (Phi) is 3.94. The molecule has 0 spiro atoms. The first-order chi connectivity index (χ1) is 17.7. The van der Waals surface area contributed by atoms with E-state index < -0.39 is 8.07 Å². The molecule has 170 valence electrons. The normalized spacial score (nSPS) is 15.1. The Morgan fingerprint density at radius 2 is 1.08 bits per heavy atom. The van der Waals surface area contributed by atoms with Crippen LogP contribution in [0.25, 0.3) is 27.5 Å². The van der Waals surface area contributed by atoms with Crippen molar-refractivity contribution in [3.63, 3.8) is 0 Å². The number of rotatable bonds is 1. The zero-order valence-corrected chi connectivity index (χ0v) is 21.4. The fraction of sp³-hybridized carbons (Fsp3) is 0.0625. The second-order valence-corrected chi connectivity index (χ2v) is 14.9. The van der Waals surface area contributed by atoms with Gasteiger partial charge < -0.3 is 9.38 Å². The van der Waals surface area contributed by atoms with Crippen LogP contribution < -0.4 is 26.1 Å². The van der Waals surface area contributed by atoms with Crippen LogP contribution in [0.15, 0.2) is 115 Å². The van der Waals surface area contributed by atoms with Crippen molar-refractivity contribution in [3.05, 3.63) is 115 Å². The number of nitrogens with zero attached hydrogens (tertiary/aromatic N) is 2. The monoisotopic (exact) mass is 476 g/mol. The Morgan fingerprint density at radius 1 is 0.528 bits per heavy atom. The maximum atomic E-state index is 2.64. The molecule has 2 aliphatic heterocycles. The Balaban J connectivity index is 1.53. The highest BCUT2D eigenvalue weighted by Crippen LogP contribution is 2.37. The van der Waals surface area contributed by atoms with Gasteiger partial charge in [0.25, 0.3) is 0 Å². The molecule has 0 saturated heterocycles. The van der Waals surface area contributed by atoms with Crippen LogP contribution in [0.3, 0.4) is 0 Å². The molecule has 0 amide bonds. The van der Waals surface area contributed by atoms with E-state index in [1.165, 1.54) is 60.2 Å². The molecule has 0 fully saturated rings. The van der Waals surface area contributed by atoms with Gasteiger partial charge in [-0.15, -0.1) is 0 Å². The van der Waals surface area contributed by atoms with Gasteiger partial charge in [0.1, 0.15) is 8.07 Å². The van der Waals surface area contributed by atoms with E-state index in [9.17, 15) is 0 Å². The number of aromatic nitrogens is 1. The molecule has 2 aliphatic rings. The lowest BCUT2D eigenvalue weighted by Gasteiger charge is -2.45. The van der Waals surface area contributed by atoms with Gasteiger partial charge >= 0.3 is 6.85 Å². The van der Waals surface area contributed by atoms with E-state index in [1.54, 1.807) is 0 Å². The van der Waals surface area contributed by atoms with Crippen molar-refractivity contribution in [1.29, 1.82) is 0 Å². The lowest BCUT2D eigenvalue weighted by molar-refractivity contribution is 1.18. The minimum Gasteiger partial charge on any atom is -0.377 e. The molecule has 0 saturated carbocycles. The molecule has 8 rings (SSSR count). The van der Waals surface area contributed by atoms with E-state index in [0.717, 1.165) is 0 Å². The molecule has 0 aliphatic carbocycles.